The zero-order chi connectivity index (χ0) is 18.2. The predicted molar refractivity (Wildman–Crippen MR) is 99.0 cm³/mol. The van der Waals surface area contributed by atoms with Crippen LogP contribution in [0.1, 0.15) is 38.1 Å². The zero-order valence-corrected chi connectivity index (χ0v) is 16.2. The molecule has 25 heavy (non-hydrogen) atoms. The Labute approximate surface area is 154 Å². The summed E-state index contributed by atoms with van der Waals surface area (Å²) in [6.07, 6.45) is 1.50. The van der Waals surface area contributed by atoms with Crippen LogP contribution in [-0.4, -0.2) is 25.8 Å². The molecule has 0 spiro atoms. The second-order valence-electron chi connectivity index (χ2n) is 7.10. The summed E-state index contributed by atoms with van der Waals surface area (Å²) in [6.45, 7) is 8.74. The van der Waals surface area contributed by atoms with E-state index in [0.29, 0.717) is 17.2 Å². The minimum absolute atomic E-state index is 0.0305. The molecule has 7 heteroatoms. The number of rotatable bonds is 4. The molecule has 0 aliphatic rings. The Kier molecular flexibility index (Phi) is 4.60. The molecule has 0 aliphatic carbocycles. The van der Waals surface area contributed by atoms with E-state index in [0.717, 1.165) is 22.1 Å². The van der Waals surface area contributed by atoms with Gasteiger partial charge in [0.25, 0.3) is 0 Å². The molecule has 2 heterocycles. The fourth-order valence-electron chi connectivity index (χ4n) is 2.39. The maximum Gasteiger partial charge on any atom is 0.219 e. The second-order valence-corrected chi connectivity index (χ2v) is 7.89. The SMILES string of the molecule is CC(=O)c1ccc(Oc2ccc3c(nnn3CC(C)(C)C)c2Br)nc1. The van der Waals surface area contributed by atoms with Crippen molar-refractivity contribution in [3.63, 3.8) is 0 Å². The number of hydrogen-bond acceptors (Lipinski definition) is 5. The molecule has 2 aromatic heterocycles. The smallest absolute Gasteiger partial charge is 0.219 e. The Balaban J connectivity index is 1.90. The number of ketones is 1. The minimum atomic E-state index is -0.0305. The van der Waals surface area contributed by atoms with Crippen LogP contribution < -0.4 is 4.74 Å². The highest BCUT2D eigenvalue weighted by molar-refractivity contribution is 9.10. The third-order valence-corrected chi connectivity index (χ3v) is 4.34. The van der Waals surface area contributed by atoms with E-state index in [4.69, 9.17) is 4.74 Å². The number of pyridine rings is 1. The van der Waals surface area contributed by atoms with Crippen LogP contribution in [0.15, 0.2) is 34.9 Å². The lowest BCUT2D eigenvalue weighted by Crippen LogP contribution is -2.16. The van der Waals surface area contributed by atoms with Crippen molar-refractivity contribution < 1.29 is 9.53 Å². The van der Waals surface area contributed by atoms with Crippen molar-refractivity contribution in [1.29, 1.82) is 0 Å². The van der Waals surface area contributed by atoms with Crippen molar-refractivity contribution in [2.24, 2.45) is 5.41 Å². The number of hydrogen-bond donors (Lipinski definition) is 0. The van der Waals surface area contributed by atoms with Crippen LogP contribution in [0.4, 0.5) is 0 Å². The molecule has 3 rings (SSSR count). The van der Waals surface area contributed by atoms with Crippen LogP contribution in [-0.2, 0) is 6.54 Å². The maximum absolute atomic E-state index is 11.3. The molecule has 0 amide bonds. The molecule has 0 aliphatic heterocycles. The topological polar surface area (TPSA) is 69.9 Å². The fourth-order valence-corrected chi connectivity index (χ4v) is 2.89. The van der Waals surface area contributed by atoms with Crippen LogP contribution in [0.5, 0.6) is 11.6 Å². The minimum Gasteiger partial charge on any atom is -0.438 e. The predicted octanol–water partition coefficient (Wildman–Crippen LogP) is 4.63. The maximum atomic E-state index is 11.3. The third kappa shape index (κ3) is 3.87. The fraction of sp³-hybridized carbons (Fsp3) is 0.333. The average molecular weight is 403 g/mol. The first-order valence-corrected chi connectivity index (χ1v) is 8.70. The van der Waals surface area contributed by atoms with Crippen molar-refractivity contribution in [2.45, 2.75) is 34.2 Å². The summed E-state index contributed by atoms with van der Waals surface area (Å²) in [5.41, 5.74) is 2.33. The lowest BCUT2D eigenvalue weighted by Gasteiger charge is -2.17. The van der Waals surface area contributed by atoms with E-state index in [2.05, 4.69) is 52.0 Å². The summed E-state index contributed by atoms with van der Waals surface area (Å²) in [4.78, 5) is 15.5. The Morgan fingerprint density at radius 3 is 2.60 bits per heavy atom. The Morgan fingerprint density at radius 1 is 1.24 bits per heavy atom. The first-order valence-electron chi connectivity index (χ1n) is 7.91. The van der Waals surface area contributed by atoms with Crippen molar-refractivity contribution >= 4 is 32.7 Å². The molecule has 6 nitrogen and oxygen atoms in total. The van der Waals surface area contributed by atoms with Crippen molar-refractivity contribution in [1.82, 2.24) is 20.0 Å². The number of carbonyl (C=O) groups is 1. The van der Waals surface area contributed by atoms with Gasteiger partial charge in [-0.1, -0.05) is 26.0 Å². The van der Waals surface area contributed by atoms with Gasteiger partial charge in [0.15, 0.2) is 5.78 Å². The molecule has 0 atom stereocenters. The third-order valence-electron chi connectivity index (χ3n) is 3.57. The monoisotopic (exact) mass is 402 g/mol. The molecule has 1 aromatic carbocycles. The molecule has 0 radical (unpaired) electrons. The van der Waals surface area contributed by atoms with E-state index >= 15 is 0 Å². The van der Waals surface area contributed by atoms with Gasteiger partial charge in [-0.15, -0.1) is 5.10 Å². The number of fused-ring (bicyclic) bond motifs is 1. The normalized spacial score (nSPS) is 11.7. The van der Waals surface area contributed by atoms with Gasteiger partial charge in [-0.3, -0.25) is 4.79 Å². The van der Waals surface area contributed by atoms with Crippen LogP contribution in [0.3, 0.4) is 0 Å². The number of ether oxygens (including phenoxy) is 1. The van der Waals surface area contributed by atoms with Gasteiger partial charge in [0, 0.05) is 24.4 Å². The summed E-state index contributed by atoms with van der Waals surface area (Å²) >= 11 is 3.55. The molecular weight excluding hydrogens is 384 g/mol. The standard InChI is InChI=1S/C18H19BrN4O2/c1-11(24)12-5-8-15(20-9-12)25-14-7-6-13-17(16(14)19)21-22-23(13)10-18(2,3)4/h5-9H,10H2,1-4H3. The molecule has 0 fully saturated rings. The molecular formula is C18H19BrN4O2. The Morgan fingerprint density at radius 2 is 2.00 bits per heavy atom. The van der Waals surface area contributed by atoms with Crippen LogP contribution in [0, 0.1) is 5.41 Å². The van der Waals surface area contributed by atoms with Gasteiger partial charge in [-0.2, -0.15) is 0 Å². The number of halogens is 1. The molecule has 0 unspecified atom stereocenters. The van der Waals surface area contributed by atoms with E-state index in [9.17, 15) is 4.79 Å². The van der Waals surface area contributed by atoms with E-state index in [1.54, 1.807) is 12.1 Å². The molecule has 0 bridgehead atoms. The van der Waals surface area contributed by atoms with E-state index in [-0.39, 0.29) is 11.2 Å². The Hall–Kier alpha value is -2.28. The summed E-state index contributed by atoms with van der Waals surface area (Å²) in [5.74, 6) is 0.975. The van der Waals surface area contributed by atoms with Gasteiger partial charge >= 0.3 is 0 Å². The van der Waals surface area contributed by atoms with Crippen molar-refractivity contribution in [3.05, 3.63) is 40.5 Å². The first-order chi connectivity index (χ1) is 11.7. The summed E-state index contributed by atoms with van der Waals surface area (Å²) in [6, 6.07) is 7.15. The van der Waals surface area contributed by atoms with Crippen LogP contribution >= 0.6 is 15.9 Å². The molecule has 3 aromatic rings. The molecule has 130 valence electrons. The molecule has 0 saturated carbocycles. The van der Waals surface area contributed by atoms with Crippen molar-refractivity contribution in [3.8, 4) is 11.6 Å². The van der Waals surface area contributed by atoms with Gasteiger partial charge in [-0.25, -0.2) is 9.67 Å². The van der Waals surface area contributed by atoms with Gasteiger partial charge in [0.05, 0.1) is 9.99 Å². The highest BCUT2D eigenvalue weighted by Crippen LogP contribution is 2.34. The number of Topliss-reactive ketones (excluding diaryl/α,β-unsaturated/α-hetero) is 1. The highest BCUT2D eigenvalue weighted by Gasteiger charge is 2.18. The van der Waals surface area contributed by atoms with Gasteiger partial charge in [0.2, 0.25) is 5.88 Å². The Bertz CT molecular complexity index is 927. The lowest BCUT2D eigenvalue weighted by molar-refractivity contribution is 0.101. The summed E-state index contributed by atoms with van der Waals surface area (Å²) in [7, 11) is 0. The lowest BCUT2D eigenvalue weighted by atomic mass is 9.97. The average Bonchev–Trinajstić information content (AvgIpc) is 2.92. The molecule has 0 saturated heterocycles. The van der Waals surface area contributed by atoms with Gasteiger partial charge in [0.1, 0.15) is 11.3 Å². The van der Waals surface area contributed by atoms with E-state index < -0.39 is 0 Å². The zero-order valence-electron chi connectivity index (χ0n) is 14.6. The van der Waals surface area contributed by atoms with Crippen LogP contribution in [0.25, 0.3) is 11.0 Å². The quantitative estimate of drug-likeness (QED) is 0.594. The number of aromatic nitrogens is 4. The van der Waals surface area contributed by atoms with Gasteiger partial charge < -0.3 is 4.74 Å². The van der Waals surface area contributed by atoms with Gasteiger partial charge in [-0.05, 0) is 46.5 Å². The van der Waals surface area contributed by atoms with Crippen LogP contribution in [0.2, 0.25) is 0 Å². The molecule has 0 N–H and O–H groups in total. The van der Waals surface area contributed by atoms with E-state index in [1.165, 1.54) is 13.1 Å². The number of nitrogens with zero attached hydrogens (tertiary/aromatic N) is 4. The summed E-state index contributed by atoms with van der Waals surface area (Å²) < 4.78 is 8.43. The number of benzene rings is 1. The number of carbonyl (C=O) groups excluding carboxylic acids is 1. The first kappa shape index (κ1) is 17.5. The largest absolute Gasteiger partial charge is 0.438 e. The van der Waals surface area contributed by atoms with Crippen molar-refractivity contribution in [2.75, 3.05) is 0 Å². The summed E-state index contributed by atoms with van der Waals surface area (Å²) in [5, 5.41) is 8.51. The highest BCUT2D eigenvalue weighted by atomic mass is 79.9. The second kappa shape index (κ2) is 6.55. The van der Waals surface area contributed by atoms with E-state index in [1.807, 2.05) is 16.8 Å².